The molecule has 1 saturated carbocycles. The van der Waals surface area contributed by atoms with Crippen LogP contribution in [0.2, 0.25) is 0 Å². The molecule has 110 valence electrons. The van der Waals surface area contributed by atoms with E-state index in [0.717, 1.165) is 30.5 Å². The van der Waals surface area contributed by atoms with Gasteiger partial charge in [-0.1, -0.05) is 18.6 Å². The van der Waals surface area contributed by atoms with Gasteiger partial charge < -0.3 is 10.4 Å². The number of nitrogens with one attached hydrogen (secondary N) is 2. The van der Waals surface area contributed by atoms with Crippen LogP contribution < -0.4 is 5.32 Å². The number of hydrogen-bond acceptors (Lipinski definition) is 5. The second kappa shape index (κ2) is 5.90. The van der Waals surface area contributed by atoms with Crippen LogP contribution in [-0.2, 0) is 4.79 Å². The van der Waals surface area contributed by atoms with Gasteiger partial charge in [-0.2, -0.15) is 5.21 Å². The maximum atomic E-state index is 11.1. The summed E-state index contributed by atoms with van der Waals surface area (Å²) in [5, 5.41) is 26.5. The highest BCUT2D eigenvalue weighted by molar-refractivity contribution is 5.70. The SMILES string of the molecule is O=C(O)C1CCCC(Nc2cccc(-c3nn[nH]n3)c2)C1. The van der Waals surface area contributed by atoms with E-state index >= 15 is 0 Å². The standard InChI is InChI=1S/C14H17N5O2/c20-14(21)10-4-2-6-12(8-10)15-11-5-1-3-9(7-11)13-16-18-19-17-13/h1,3,5,7,10,12,15H,2,4,6,8H2,(H,20,21)(H,16,17,18,19). The first-order valence-corrected chi connectivity index (χ1v) is 7.05. The van der Waals surface area contributed by atoms with Crippen LogP contribution in [0.3, 0.4) is 0 Å². The maximum Gasteiger partial charge on any atom is 0.306 e. The summed E-state index contributed by atoms with van der Waals surface area (Å²) in [6.45, 7) is 0. The van der Waals surface area contributed by atoms with E-state index < -0.39 is 5.97 Å². The number of aromatic amines is 1. The van der Waals surface area contributed by atoms with Gasteiger partial charge in [0.25, 0.3) is 0 Å². The number of aliphatic carboxylic acids is 1. The van der Waals surface area contributed by atoms with Gasteiger partial charge in [-0.05, 0) is 36.6 Å². The smallest absolute Gasteiger partial charge is 0.306 e. The number of benzene rings is 1. The van der Waals surface area contributed by atoms with E-state index in [0.29, 0.717) is 12.2 Å². The Labute approximate surface area is 121 Å². The molecule has 2 unspecified atom stereocenters. The second-order valence-electron chi connectivity index (χ2n) is 5.36. The molecule has 0 amide bonds. The molecule has 3 N–H and O–H groups in total. The summed E-state index contributed by atoms with van der Waals surface area (Å²) >= 11 is 0. The van der Waals surface area contributed by atoms with Crippen molar-refractivity contribution in [2.45, 2.75) is 31.7 Å². The van der Waals surface area contributed by atoms with Crippen LogP contribution in [0.15, 0.2) is 24.3 Å². The summed E-state index contributed by atoms with van der Waals surface area (Å²) in [5.74, 6) is -0.385. The van der Waals surface area contributed by atoms with Crippen molar-refractivity contribution in [1.29, 1.82) is 0 Å². The van der Waals surface area contributed by atoms with E-state index in [1.807, 2.05) is 24.3 Å². The van der Waals surface area contributed by atoms with Crippen molar-refractivity contribution < 1.29 is 9.90 Å². The first-order valence-electron chi connectivity index (χ1n) is 7.05. The molecular weight excluding hydrogens is 270 g/mol. The first kappa shape index (κ1) is 13.5. The Bertz CT molecular complexity index is 614. The van der Waals surface area contributed by atoms with E-state index in [1.165, 1.54) is 0 Å². The number of tetrazole rings is 1. The van der Waals surface area contributed by atoms with E-state index in [-0.39, 0.29) is 12.0 Å². The molecule has 0 radical (unpaired) electrons. The molecule has 0 aliphatic heterocycles. The van der Waals surface area contributed by atoms with Crippen molar-refractivity contribution in [3.8, 4) is 11.4 Å². The molecule has 2 atom stereocenters. The quantitative estimate of drug-likeness (QED) is 0.793. The largest absolute Gasteiger partial charge is 0.481 e. The molecule has 0 spiro atoms. The molecule has 7 heteroatoms. The molecule has 7 nitrogen and oxygen atoms in total. The predicted molar refractivity (Wildman–Crippen MR) is 76.6 cm³/mol. The van der Waals surface area contributed by atoms with E-state index in [2.05, 4.69) is 25.9 Å². The Morgan fingerprint density at radius 1 is 1.38 bits per heavy atom. The number of carboxylic acids is 1. The number of carbonyl (C=O) groups is 1. The van der Waals surface area contributed by atoms with Gasteiger partial charge in [-0.25, -0.2) is 0 Å². The number of H-pyrrole nitrogens is 1. The van der Waals surface area contributed by atoms with Crippen molar-refractivity contribution >= 4 is 11.7 Å². The van der Waals surface area contributed by atoms with Crippen molar-refractivity contribution in [3.05, 3.63) is 24.3 Å². The molecule has 1 fully saturated rings. The summed E-state index contributed by atoms with van der Waals surface area (Å²) in [4.78, 5) is 11.1. The third-order valence-corrected chi connectivity index (χ3v) is 3.86. The molecule has 1 aromatic heterocycles. The zero-order valence-electron chi connectivity index (χ0n) is 11.5. The summed E-state index contributed by atoms with van der Waals surface area (Å²) < 4.78 is 0. The van der Waals surface area contributed by atoms with Crippen LogP contribution in [0.4, 0.5) is 5.69 Å². The van der Waals surface area contributed by atoms with Gasteiger partial charge >= 0.3 is 5.97 Å². The molecule has 3 rings (SSSR count). The Morgan fingerprint density at radius 2 is 2.29 bits per heavy atom. The van der Waals surface area contributed by atoms with Gasteiger partial charge in [0.1, 0.15) is 0 Å². The third kappa shape index (κ3) is 3.18. The molecule has 1 aliphatic carbocycles. The minimum absolute atomic E-state index is 0.195. The Kier molecular flexibility index (Phi) is 3.81. The highest BCUT2D eigenvalue weighted by Gasteiger charge is 2.26. The van der Waals surface area contributed by atoms with Gasteiger partial charge in [-0.15, -0.1) is 10.2 Å². The van der Waals surface area contributed by atoms with Gasteiger partial charge in [0.05, 0.1) is 5.92 Å². The number of nitrogens with zero attached hydrogens (tertiary/aromatic N) is 3. The van der Waals surface area contributed by atoms with Crippen molar-refractivity contribution in [2.24, 2.45) is 5.92 Å². The van der Waals surface area contributed by atoms with E-state index in [4.69, 9.17) is 5.11 Å². The number of aromatic nitrogens is 4. The Balaban J connectivity index is 1.70. The van der Waals surface area contributed by atoms with Gasteiger partial charge in [-0.3, -0.25) is 4.79 Å². The molecule has 2 aromatic rings. The highest BCUT2D eigenvalue weighted by Crippen LogP contribution is 2.28. The summed E-state index contributed by atoms with van der Waals surface area (Å²) in [6, 6.07) is 7.95. The fourth-order valence-corrected chi connectivity index (χ4v) is 2.81. The zero-order chi connectivity index (χ0) is 14.7. The lowest BCUT2D eigenvalue weighted by Crippen LogP contribution is -2.30. The van der Waals surface area contributed by atoms with Crippen LogP contribution >= 0.6 is 0 Å². The molecule has 0 saturated heterocycles. The normalized spacial score (nSPS) is 21.9. The Morgan fingerprint density at radius 3 is 3.05 bits per heavy atom. The molecular formula is C14H17N5O2. The minimum atomic E-state index is -0.693. The lowest BCUT2D eigenvalue weighted by molar-refractivity contribution is -0.142. The zero-order valence-corrected chi connectivity index (χ0v) is 11.5. The second-order valence-corrected chi connectivity index (χ2v) is 5.36. The minimum Gasteiger partial charge on any atom is -0.481 e. The van der Waals surface area contributed by atoms with Crippen molar-refractivity contribution in [2.75, 3.05) is 5.32 Å². The van der Waals surface area contributed by atoms with Crippen LogP contribution in [0.1, 0.15) is 25.7 Å². The van der Waals surface area contributed by atoms with E-state index in [1.54, 1.807) is 0 Å². The molecule has 0 bridgehead atoms. The van der Waals surface area contributed by atoms with E-state index in [9.17, 15) is 4.79 Å². The summed E-state index contributed by atoms with van der Waals surface area (Å²) in [7, 11) is 0. The first-order chi connectivity index (χ1) is 10.2. The molecule has 21 heavy (non-hydrogen) atoms. The molecule has 1 heterocycles. The maximum absolute atomic E-state index is 11.1. The monoisotopic (exact) mass is 287 g/mol. The lowest BCUT2D eigenvalue weighted by atomic mass is 9.85. The van der Waals surface area contributed by atoms with Crippen LogP contribution in [-0.4, -0.2) is 37.7 Å². The highest BCUT2D eigenvalue weighted by atomic mass is 16.4. The average Bonchev–Trinajstić information content (AvgIpc) is 3.02. The van der Waals surface area contributed by atoms with Crippen LogP contribution in [0, 0.1) is 5.92 Å². The average molecular weight is 287 g/mol. The predicted octanol–water partition coefficient (Wildman–Crippen LogP) is 1.92. The third-order valence-electron chi connectivity index (χ3n) is 3.86. The van der Waals surface area contributed by atoms with Crippen molar-refractivity contribution in [3.63, 3.8) is 0 Å². The van der Waals surface area contributed by atoms with Crippen molar-refractivity contribution in [1.82, 2.24) is 20.6 Å². The van der Waals surface area contributed by atoms with Gasteiger partial charge in [0.2, 0.25) is 5.82 Å². The topological polar surface area (TPSA) is 104 Å². The number of rotatable bonds is 4. The fraction of sp³-hybridized carbons (Fsp3) is 0.429. The molecule has 1 aromatic carbocycles. The van der Waals surface area contributed by atoms with Gasteiger partial charge in [0, 0.05) is 17.3 Å². The lowest BCUT2D eigenvalue weighted by Gasteiger charge is -2.28. The van der Waals surface area contributed by atoms with Gasteiger partial charge in [0.15, 0.2) is 0 Å². The number of hydrogen-bond donors (Lipinski definition) is 3. The number of carboxylic acid groups (broad SMARTS) is 1. The summed E-state index contributed by atoms with van der Waals surface area (Å²) in [5.41, 5.74) is 1.83. The van der Waals surface area contributed by atoms with Crippen LogP contribution in [0.5, 0.6) is 0 Å². The van der Waals surface area contributed by atoms with Crippen LogP contribution in [0.25, 0.3) is 11.4 Å². The summed E-state index contributed by atoms with van der Waals surface area (Å²) in [6.07, 6.45) is 3.38. The molecule has 1 aliphatic rings. The number of anilines is 1. The Hall–Kier alpha value is -2.44. The fourth-order valence-electron chi connectivity index (χ4n) is 2.81.